The van der Waals surface area contributed by atoms with E-state index < -0.39 is 0 Å². The molecule has 3 heteroatoms. The van der Waals surface area contributed by atoms with Crippen LogP contribution in [0.25, 0.3) is 0 Å². The van der Waals surface area contributed by atoms with Crippen LogP contribution < -0.4 is 5.32 Å². The molecular formula is C16H24BrNO. The van der Waals surface area contributed by atoms with Crippen molar-refractivity contribution in [3.63, 3.8) is 0 Å². The summed E-state index contributed by atoms with van der Waals surface area (Å²) in [5.41, 5.74) is 1.37. The van der Waals surface area contributed by atoms with Crippen LogP contribution in [0, 0.1) is 5.92 Å². The number of nitrogens with one attached hydrogen (secondary N) is 1. The van der Waals surface area contributed by atoms with Gasteiger partial charge in [-0.3, -0.25) is 0 Å². The molecule has 0 aliphatic carbocycles. The molecule has 0 amide bonds. The van der Waals surface area contributed by atoms with E-state index in [0.29, 0.717) is 18.1 Å². The fourth-order valence-electron chi connectivity index (χ4n) is 2.78. The molecule has 0 aromatic heterocycles. The van der Waals surface area contributed by atoms with Crippen LogP contribution in [0.3, 0.4) is 0 Å². The Morgan fingerprint density at radius 2 is 2.32 bits per heavy atom. The fraction of sp³-hybridized carbons (Fsp3) is 0.625. The minimum absolute atomic E-state index is 0.352. The van der Waals surface area contributed by atoms with E-state index >= 15 is 0 Å². The molecule has 1 saturated heterocycles. The first-order chi connectivity index (χ1) is 9.20. The molecule has 0 spiro atoms. The normalized spacial score (nSPS) is 24.6. The van der Waals surface area contributed by atoms with Gasteiger partial charge in [0.25, 0.3) is 0 Å². The van der Waals surface area contributed by atoms with E-state index in [1.54, 1.807) is 0 Å². The van der Waals surface area contributed by atoms with Crippen LogP contribution >= 0.6 is 15.9 Å². The van der Waals surface area contributed by atoms with Gasteiger partial charge >= 0.3 is 0 Å². The van der Waals surface area contributed by atoms with Crippen LogP contribution in [0.15, 0.2) is 28.7 Å². The molecular weight excluding hydrogens is 302 g/mol. The average Bonchev–Trinajstić information content (AvgIpc) is 2.81. The molecule has 1 N–H and O–H groups in total. The third-order valence-corrected chi connectivity index (χ3v) is 4.34. The second-order valence-electron chi connectivity index (χ2n) is 5.50. The topological polar surface area (TPSA) is 21.3 Å². The van der Waals surface area contributed by atoms with E-state index in [1.165, 1.54) is 12.0 Å². The number of hydrogen-bond donors (Lipinski definition) is 1. The molecule has 2 nitrogen and oxygen atoms in total. The van der Waals surface area contributed by atoms with E-state index in [4.69, 9.17) is 4.74 Å². The maximum Gasteiger partial charge on any atom is 0.0757 e. The van der Waals surface area contributed by atoms with Gasteiger partial charge in [-0.2, -0.15) is 0 Å². The van der Waals surface area contributed by atoms with Gasteiger partial charge in [0.15, 0.2) is 0 Å². The number of rotatable bonds is 6. The number of benzene rings is 1. The number of ether oxygens (including phenoxy) is 1. The Bertz CT molecular complexity index is 396. The summed E-state index contributed by atoms with van der Waals surface area (Å²) in [6.45, 7) is 6.49. The number of halogens is 1. The molecule has 0 saturated carbocycles. The maximum absolute atomic E-state index is 5.95. The van der Waals surface area contributed by atoms with Crippen molar-refractivity contribution < 1.29 is 4.74 Å². The van der Waals surface area contributed by atoms with Crippen molar-refractivity contribution in [3.8, 4) is 0 Å². The SMILES string of the molecule is CCCNC(Cc1cccc(Br)c1)C1OCCC1C. The first-order valence-corrected chi connectivity index (χ1v) is 8.09. The van der Waals surface area contributed by atoms with Crippen molar-refractivity contribution in [2.45, 2.75) is 45.3 Å². The van der Waals surface area contributed by atoms with Crippen molar-refractivity contribution in [3.05, 3.63) is 34.3 Å². The lowest BCUT2D eigenvalue weighted by Crippen LogP contribution is -2.44. The Balaban J connectivity index is 2.04. The predicted octanol–water partition coefficient (Wildman–Crippen LogP) is 3.78. The van der Waals surface area contributed by atoms with Crippen LogP contribution in [-0.4, -0.2) is 25.3 Å². The van der Waals surface area contributed by atoms with Crippen LogP contribution in [-0.2, 0) is 11.2 Å². The van der Waals surface area contributed by atoms with Gasteiger partial charge < -0.3 is 10.1 Å². The van der Waals surface area contributed by atoms with Crippen LogP contribution in [0.5, 0.6) is 0 Å². The Hall–Kier alpha value is -0.380. The van der Waals surface area contributed by atoms with Gasteiger partial charge in [-0.05, 0) is 49.4 Å². The monoisotopic (exact) mass is 325 g/mol. The second-order valence-corrected chi connectivity index (χ2v) is 6.41. The Morgan fingerprint density at radius 1 is 1.47 bits per heavy atom. The minimum Gasteiger partial charge on any atom is -0.376 e. The van der Waals surface area contributed by atoms with Gasteiger partial charge in [-0.15, -0.1) is 0 Å². The summed E-state index contributed by atoms with van der Waals surface area (Å²) in [5, 5.41) is 3.67. The van der Waals surface area contributed by atoms with Crippen molar-refractivity contribution in [1.82, 2.24) is 5.32 Å². The molecule has 1 aliphatic rings. The zero-order chi connectivity index (χ0) is 13.7. The summed E-state index contributed by atoms with van der Waals surface area (Å²) in [4.78, 5) is 0. The molecule has 2 rings (SSSR count). The quantitative estimate of drug-likeness (QED) is 0.859. The molecule has 3 atom stereocenters. The summed E-state index contributed by atoms with van der Waals surface area (Å²) < 4.78 is 7.11. The highest BCUT2D eigenvalue weighted by atomic mass is 79.9. The van der Waals surface area contributed by atoms with Gasteiger partial charge in [0, 0.05) is 17.1 Å². The lowest BCUT2D eigenvalue weighted by atomic mass is 9.93. The van der Waals surface area contributed by atoms with E-state index in [-0.39, 0.29) is 0 Å². The Labute approximate surface area is 125 Å². The van der Waals surface area contributed by atoms with Gasteiger partial charge in [0.1, 0.15) is 0 Å². The lowest BCUT2D eigenvalue weighted by Gasteiger charge is -2.27. The summed E-state index contributed by atoms with van der Waals surface area (Å²) in [6.07, 6.45) is 3.74. The molecule has 106 valence electrons. The predicted molar refractivity (Wildman–Crippen MR) is 83.4 cm³/mol. The maximum atomic E-state index is 5.95. The van der Waals surface area contributed by atoms with E-state index in [1.807, 2.05) is 0 Å². The first kappa shape index (κ1) is 15.0. The molecule has 1 heterocycles. The third-order valence-electron chi connectivity index (χ3n) is 3.84. The van der Waals surface area contributed by atoms with Crippen molar-refractivity contribution in [2.75, 3.05) is 13.2 Å². The summed E-state index contributed by atoms with van der Waals surface area (Å²) in [6, 6.07) is 9.01. The van der Waals surface area contributed by atoms with Gasteiger partial charge in [0.05, 0.1) is 6.10 Å². The summed E-state index contributed by atoms with van der Waals surface area (Å²) in [5.74, 6) is 0.654. The van der Waals surface area contributed by atoms with Crippen molar-refractivity contribution >= 4 is 15.9 Å². The zero-order valence-electron chi connectivity index (χ0n) is 11.9. The fourth-order valence-corrected chi connectivity index (χ4v) is 3.23. The van der Waals surface area contributed by atoms with Crippen molar-refractivity contribution in [1.29, 1.82) is 0 Å². The van der Waals surface area contributed by atoms with Crippen LogP contribution in [0.4, 0.5) is 0 Å². The first-order valence-electron chi connectivity index (χ1n) is 7.30. The molecule has 1 fully saturated rings. The standard InChI is InChI=1S/C16H24BrNO/c1-3-8-18-15(16-12(2)7-9-19-16)11-13-5-4-6-14(17)10-13/h4-6,10,12,15-16,18H,3,7-9,11H2,1-2H3. The number of hydrogen-bond acceptors (Lipinski definition) is 2. The molecule has 0 bridgehead atoms. The summed E-state index contributed by atoms with van der Waals surface area (Å²) >= 11 is 3.55. The molecule has 1 aromatic rings. The van der Waals surface area contributed by atoms with E-state index in [2.05, 4.69) is 59.4 Å². The largest absolute Gasteiger partial charge is 0.376 e. The van der Waals surface area contributed by atoms with Crippen molar-refractivity contribution in [2.24, 2.45) is 5.92 Å². The van der Waals surface area contributed by atoms with E-state index in [9.17, 15) is 0 Å². The molecule has 0 radical (unpaired) electrons. The highest BCUT2D eigenvalue weighted by Gasteiger charge is 2.31. The second kappa shape index (κ2) is 7.41. The molecule has 3 unspecified atom stereocenters. The minimum atomic E-state index is 0.352. The Morgan fingerprint density at radius 3 is 2.95 bits per heavy atom. The smallest absolute Gasteiger partial charge is 0.0757 e. The third kappa shape index (κ3) is 4.30. The Kier molecular flexibility index (Phi) is 5.86. The van der Waals surface area contributed by atoms with Gasteiger partial charge in [0.2, 0.25) is 0 Å². The molecule has 19 heavy (non-hydrogen) atoms. The molecule has 1 aromatic carbocycles. The van der Waals surface area contributed by atoms with Crippen LogP contribution in [0.1, 0.15) is 32.3 Å². The van der Waals surface area contributed by atoms with Crippen LogP contribution in [0.2, 0.25) is 0 Å². The van der Waals surface area contributed by atoms with Gasteiger partial charge in [-0.1, -0.05) is 41.9 Å². The average molecular weight is 326 g/mol. The summed E-state index contributed by atoms with van der Waals surface area (Å²) in [7, 11) is 0. The lowest BCUT2D eigenvalue weighted by molar-refractivity contribution is 0.0610. The zero-order valence-corrected chi connectivity index (χ0v) is 13.4. The highest BCUT2D eigenvalue weighted by molar-refractivity contribution is 9.10. The molecule has 1 aliphatic heterocycles. The van der Waals surface area contributed by atoms with Gasteiger partial charge in [-0.25, -0.2) is 0 Å². The highest BCUT2D eigenvalue weighted by Crippen LogP contribution is 2.25. The van der Waals surface area contributed by atoms with E-state index in [0.717, 1.165) is 30.5 Å².